The first kappa shape index (κ1) is 13.2. The highest BCUT2D eigenvalue weighted by molar-refractivity contribution is 6.05. The van der Waals surface area contributed by atoms with Gasteiger partial charge in [0.05, 0.1) is 5.56 Å². The summed E-state index contributed by atoms with van der Waals surface area (Å²) in [5.41, 5.74) is 1.39. The van der Waals surface area contributed by atoms with Crippen LogP contribution in [0.1, 0.15) is 15.9 Å². The lowest BCUT2D eigenvalue weighted by Gasteiger charge is -2.11. The Morgan fingerprint density at radius 3 is 2.43 bits per heavy atom. The molecule has 3 rings (SSSR count). The van der Waals surface area contributed by atoms with Crippen LogP contribution >= 0.6 is 0 Å². The van der Waals surface area contributed by atoms with Crippen molar-refractivity contribution >= 4 is 16.7 Å². The minimum Gasteiger partial charge on any atom is -0.478 e. The molecule has 0 atom stereocenters. The topological polar surface area (TPSA) is 46.5 Å². The number of aromatic carboxylic acids is 1. The van der Waals surface area contributed by atoms with Gasteiger partial charge >= 0.3 is 5.97 Å². The molecule has 0 bridgehead atoms. The van der Waals surface area contributed by atoms with Crippen LogP contribution in [0.5, 0.6) is 11.5 Å². The Morgan fingerprint density at radius 2 is 1.71 bits per heavy atom. The smallest absolute Gasteiger partial charge is 0.336 e. The summed E-state index contributed by atoms with van der Waals surface area (Å²) >= 11 is 0. The fraction of sp³-hybridized carbons (Fsp3) is 0.0556. The monoisotopic (exact) mass is 278 g/mol. The van der Waals surface area contributed by atoms with Crippen LogP contribution in [0.25, 0.3) is 10.8 Å². The first-order valence-electron chi connectivity index (χ1n) is 6.65. The number of carboxylic acid groups (broad SMARTS) is 1. The number of fused-ring (bicyclic) bond motifs is 1. The van der Waals surface area contributed by atoms with E-state index in [1.54, 1.807) is 18.2 Å². The van der Waals surface area contributed by atoms with Crippen molar-refractivity contribution in [3.63, 3.8) is 0 Å². The average molecular weight is 278 g/mol. The van der Waals surface area contributed by atoms with E-state index in [1.165, 1.54) is 0 Å². The second-order valence-electron chi connectivity index (χ2n) is 4.88. The van der Waals surface area contributed by atoms with Gasteiger partial charge in [-0.15, -0.1) is 0 Å². The third kappa shape index (κ3) is 2.58. The molecule has 21 heavy (non-hydrogen) atoms. The Hall–Kier alpha value is -2.81. The van der Waals surface area contributed by atoms with E-state index in [4.69, 9.17) is 4.74 Å². The van der Waals surface area contributed by atoms with Gasteiger partial charge in [0.25, 0.3) is 0 Å². The molecule has 3 aromatic rings. The molecule has 0 amide bonds. The van der Waals surface area contributed by atoms with E-state index in [2.05, 4.69) is 0 Å². The summed E-state index contributed by atoms with van der Waals surface area (Å²) < 4.78 is 5.91. The third-order valence-corrected chi connectivity index (χ3v) is 3.33. The zero-order valence-electron chi connectivity index (χ0n) is 11.5. The average Bonchev–Trinajstić information content (AvgIpc) is 2.47. The summed E-state index contributed by atoms with van der Waals surface area (Å²) in [5.74, 6) is 0.456. The number of benzene rings is 3. The van der Waals surface area contributed by atoms with E-state index < -0.39 is 5.97 Å². The lowest BCUT2D eigenvalue weighted by Crippen LogP contribution is -1.98. The van der Waals surface area contributed by atoms with Crippen molar-refractivity contribution in [2.45, 2.75) is 6.92 Å². The van der Waals surface area contributed by atoms with Gasteiger partial charge in [0.15, 0.2) is 0 Å². The van der Waals surface area contributed by atoms with Gasteiger partial charge in [0.2, 0.25) is 0 Å². The number of carbonyl (C=O) groups is 1. The number of hydrogen-bond acceptors (Lipinski definition) is 2. The summed E-state index contributed by atoms with van der Waals surface area (Å²) in [5, 5.41) is 10.7. The van der Waals surface area contributed by atoms with Gasteiger partial charge in [-0.2, -0.15) is 0 Å². The van der Waals surface area contributed by atoms with Crippen molar-refractivity contribution < 1.29 is 14.6 Å². The van der Waals surface area contributed by atoms with Crippen LogP contribution in [0.15, 0.2) is 60.7 Å². The van der Waals surface area contributed by atoms with Gasteiger partial charge in [-0.3, -0.25) is 0 Å². The van der Waals surface area contributed by atoms with Crippen LogP contribution in [0.3, 0.4) is 0 Å². The van der Waals surface area contributed by atoms with Crippen LogP contribution in [0, 0.1) is 6.92 Å². The normalized spacial score (nSPS) is 10.5. The standard InChI is InChI=1S/C18H14O3/c1-12-5-4-6-13(11-12)21-17-10-9-16(18(19)20)14-7-2-3-8-15(14)17/h2-11H,1H3,(H,19,20). The number of hydrogen-bond donors (Lipinski definition) is 1. The predicted octanol–water partition coefficient (Wildman–Crippen LogP) is 4.64. The van der Waals surface area contributed by atoms with Crippen LogP contribution < -0.4 is 4.74 Å². The van der Waals surface area contributed by atoms with Crippen molar-refractivity contribution in [2.24, 2.45) is 0 Å². The zero-order valence-corrected chi connectivity index (χ0v) is 11.5. The van der Waals surface area contributed by atoms with E-state index in [1.807, 2.05) is 49.4 Å². The molecule has 0 aliphatic heterocycles. The quantitative estimate of drug-likeness (QED) is 0.759. The van der Waals surface area contributed by atoms with Crippen molar-refractivity contribution in [1.29, 1.82) is 0 Å². The summed E-state index contributed by atoms with van der Waals surface area (Å²) in [6.45, 7) is 2.00. The molecule has 0 fully saturated rings. The van der Waals surface area contributed by atoms with Gasteiger partial charge in [-0.25, -0.2) is 4.79 Å². The second-order valence-corrected chi connectivity index (χ2v) is 4.88. The highest BCUT2D eigenvalue weighted by Gasteiger charge is 2.12. The molecule has 0 unspecified atom stereocenters. The zero-order chi connectivity index (χ0) is 14.8. The maximum Gasteiger partial charge on any atom is 0.336 e. The Labute approximate surface area is 122 Å². The predicted molar refractivity (Wildman–Crippen MR) is 82.2 cm³/mol. The highest BCUT2D eigenvalue weighted by atomic mass is 16.5. The highest BCUT2D eigenvalue weighted by Crippen LogP contribution is 2.32. The summed E-state index contributed by atoms with van der Waals surface area (Å²) in [6.07, 6.45) is 0. The second kappa shape index (κ2) is 5.29. The number of ether oxygens (including phenoxy) is 1. The molecule has 0 saturated heterocycles. The molecule has 0 radical (unpaired) electrons. The number of rotatable bonds is 3. The maximum absolute atomic E-state index is 11.3. The summed E-state index contributed by atoms with van der Waals surface area (Å²) in [4.78, 5) is 11.3. The van der Waals surface area contributed by atoms with E-state index in [0.717, 1.165) is 16.7 Å². The Bertz CT molecular complexity index is 822. The molecule has 3 aromatic carbocycles. The lowest BCUT2D eigenvalue weighted by atomic mass is 10.0. The summed E-state index contributed by atoms with van der Waals surface area (Å²) in [6, 6.07) is 18.4. The first-order chi connectivity index (χ1) is 10.1. The van der Waals surface area contributed by atoms with Crippen LogP contribution in [0.4, 0.5) is 0 Å². The largest absolute Gasteiger partial charge is 0.478 e. The molecule has 0 aromatic heterocycles. The van der Waals surface area contributed by atoms with Crippen molar-refractivity contribution in [2.75, 3.05) is 0 Å². The van der Waals surface area contributed by atoms with Crippen molar-refractivity contribution in [3.05, 3.63) is 71.8 Å². The summed E-state index contributed by atoms with van der Waals surface area (Å²) in [7, 11) is 0. The Kier molecular flexibility index (Phi) is 3.32. The molecular weight excluding hydrogens is 264 g/mol. The van der Waals surface area contributed by atoms with Crippen molar-refractivity contribution in [3.8, 4) is 11.5 Å². The lowest BCUT2D eigenvalue weighted by molar-refractivity contribution is 0.0699. The molecule has 0 aliphatic carbocycles. The van der Waals surface area contributed by atoms with Crippen molar-refractivity contribution in [1.82, 2.24) is 0 Å². The van der Waals surface area contributed by atoms with E-state index >= 15 is 0 Å². The minimum absolute atomic E-state index is 0.280. The first-order valence-corrected chi connectivity index (χ1v) is 6.65. The van der Waals surface area contributed by atoms with Crippen LogP contribution in [-0.2, 0) is 0 Å². The molecular formula is C18H14O3. The van der Waals surface area contributed by atoms with Gasteiger partial charge < -0.3 is 9.84 Å². The number of carboxylic acids is 1. The fourth-order valence-electron chi connectivity index (χ4n) is 2.35. The molecule has 0 aliphatic rings. The SMILES string of the molecule is Cc1cccc(Oc2ccc(C(=O)O)c3ccccc23)c1. The Balaban J connectivity index is 2.12. The maximum atomic E-state index is 11.3. The van der Waals surface area contributed by atoms with E-state index in [9.17, 15) is 9.90 Å². The van der Waals surface area contributed by atoms with Crippen LogP contribution in [0.2, 0.25) is 0 Å². The van der Waals surface area contributed by atoms with Gasteiger partial charge in [0, 0.05) is 5.39 Å². The van der Waals surface area contributed by atoms with E-state index in [0.29, 0.717) is 11.1 Å². The molecule has 3 heteroatoms. The van der Waals surface area contributed by atoms with Gasteiger partial charge in [-0.05, 0) is 42.1 Å². The molecule has 1 N–H and O–H groups in total. The molecule has 0 saturated carbocycles. The van der Waals surface area contributed by atoms with Gasteiger partial charge in [-0.1, -0.05) is 36.4 Å². The molecule has 0 spiro atoms. The third-order valence-electron chi connectivity index (χ3n) is 3.33. The molecule has 0 heterocycles. The number of aryl methyl sites for hydroxylation is 1. The molecule has 104 valence electrons. The Morgan fingerprint density at radius 1 is 0.952 bits per heavy atom. The minimum atomic E-state index is -0.937. The molecule has 3 nitrogen and oxygen atoms in total. The van der Waals surface area contributed by atoms with Gasteiger partial charge in [0.1, 0.15) is 11.5 Å². The fourth-order valence-corrected chi connectivity index (χ4v) is 2.35. The van der Waals surface area contributed by atoms with Crippen LogP contribution in [-0.4, -0.2) is 11.1 Å². The van der Waals surface area contributed by atoms with E-state index in [-0.39, 0.29) is 5.56 Å².